The second-order valence-electron chi connectivity index (χ2n) is 5.81. The summed E-state index contributed by atoms with van der Waals surface area (Å²) in [5.74, 6) is 1.36. The first kappa shape index (κ1) is 17.9. The minimum absolute atomic E-state index is 0.174. The standard InChI is InChI=1S/C20H20N2O3S/c1-13-5-4-6-17(11-13)25-12-18-21-14(2)19(26-18)20(23)22-15-7-9-16(24-3)10-8-15/h4-11H,12H2,1-3H3,(H,22,23). The van der Waals surface area contributed by atoms with Gasteiger partial charge in [-0.3, -0.25) is 4.79 Å². The first-order chi connectivity index (χ1) is 12.5. The molecule has 0 saturated carbocycles. The van der Waals surface area contributed by atoms with E-state index in [2.05, 4.69) is 10.3 Å². The predicted molar refractivity (Wildman–Crippen MR) is 103 cm³/mol. The molecule has 0 spiro atoms. The maximum Gasteiger partial charge on any atom is 0.267 e. The molecule has 134 valence electrons. The summed E-state index contributed by atoms with van der Waals surface area (Å²) in [4.78, 5) is 17.5. The number of hydrogen-bond acceptors (Lipinski definition) is 5. The van der Waals surface area contributed by atoms with Gasteiger partial charge in [-0.1, -0.05) is 12.1 Å². The lowest BCUT2D eigenvalue weighted by atomic mass is 10.2. The fraction of sp³-hybridized carbons (Fsp3) is 0.200. The lowest BCUT2D eigenvalue weighted by Gasteiger charge is -2.05. The molecule has 1 aromatic heterocycles. The van der Waals surface area contributed by atoms with Crippen molar-refractivity contribution in [2.45, 2.75) is 20.5 Å². The minimum Gasteiger partial charge on any atom is -0.497 e. The largest absolute Gasteiger partial charge is 0.497 e. The van der Waals surface area contributed by atoms with Gasteiger partial charge in [-0.2, -0.15) is 0 Å². The zero-order valence-corrected chi connectivity index (χ0v) is 15.7. The summed E-state index contributed by atoms with van der Waals surface area (Å²) in [7, 11) is 1.61. The number of amides is 1. The van der Waals surface area contributed by atoms with Crippen LogP contribution in [0.2, 0.25) is 0 Å². The molecule has 0 radical (unpaired) electrons. The van der Waals surface area contributed by atoms with Gasteiger partial charge in [0.25, 0.3) is 5.91 Å². The number of ether oxygens (including phenoxy) is 2. The Morgan fingerprint density at radius 1 is 1.12 bits per heavy atom. The van der Waals surface area contributed by atoms with Crippen molar-refractivity contribution in [3.05, 3.63) is 69.7 Å². The van der Waals surface area contributed by atoms with E-state index < -0.39 is 0 Å². The molecule has 3 rings (SSSR count). The second-order valence-corrected chi connectivity index (χ2v) is 6.89. The van der Waals surface area contributed by atoms with Gasteiger partial charge in [-0.05, 0) is 55.8 Å². The SMILES string of the molecule is COc1ccc(NC(=O)c2sc(COc3cccc(C)c3)nc2C)cc1. The Labute approximate surface area is 156 Å². The number of rotatable bonds is 6. The van der Waals surface area contributed by atoms with Crippen LogP contribution in [0.15, 0.2) is 48.5 Å². The monoisotopic (exact) mass is 368 g/mol. The molecule has 26 heavy (non-hydrogen) atoms. The molecule has 6 heteroatoms. The van der Waals surface area contributed by atoms with Crippen molar-refractivity contribution in [2.75, 3.05) is 12.4 Å². The summed E-state index contributed by atoms with van der Waals surface area (Å²) in [6.07, 6.45) is 0. The molecule has 1 N–H and O–H groups in total. The molecular weight excluding hydrogens is 348 g/mol. The molecule has 1 amide bonds. The molecule has 0 saturated heterocycles. The van der Waals surface area contributed by atoms with Crippen molar-refractivity contribution in [3.63, 3.8) is 0 Å². The van der Waals surface area contributed by atoms with Crippen LogP contribution in [0.5, 0.6) is 11.5 Å². The fourth-order valence-electron chi connectivity index (χ4n) is 2.44. The maximum absolute atomic E-state index is 12.5. The number of anilines is 1. The van der Waals surface area contributed by atoms with Gasteiger partial charge in [-0.15, -0.1) is 11.3 Å². The van der Waals surface area contributed by atoms with Crippen molar-refractivity contribution >= 4 is 22.9 Å². The molecule has 0 fully saturated rings. The molecule has 0 aliphatic rings. The molecule has 2 aromatic carbocycles. The van der Waals surface area contributed by atoms with E-state index in [1.54, 1.807) is 31.4 Å². The number of aryl methyl sites for hydroxylation is 2. The zero-order chi connectivity index (χ0) is 18.5. The van der Waals surface area contributed by atoms with E-state index in [1.165, 1.54) is 11.3 Å². The van der Waals surface area contributed by atoms with Crippen molar-refractivity contribution in [1.82, 2.24) is 4.98 Å². The number of carbonyl (C=O) groups is 1. The summed E-state index contributed by atoms with van der Waals surface area (Å²) in [5.41, 5.74) is 2.54. The number of methoxy groups -OCH3 is 1. The van der Waals surface area contributed by atoms with E-state index in [1.807, 2.05) is 38.1 Å². The maximum atomic E-state index is 12.5. The van der Waals surface area contributed by atoms with Crippen molar-refractivity contribution in [2.24, 2.45) is 0 Å². The highest BCUT2D eigenvalue weighted by atomic mass is 32.1. The minimum atomic E-state index is -0.174. The number of aromatic nitrogens is 1. The molecule has 1 heterocycles. The molecule has 0 aliphatic carbocycles. The van der Waals surface area contributed by atoms with E-state index in [4.69, 9.17) is 9.47 Å². The van der Waals surface area contributed by atoms with Crippen molar-refractivity contribution in [1.29, 1.82) is 0 Å². The lowest BCUT2D eigenvalue weighted by molar-refractivity contribution is 0.103. The third kappa shape index (κ3) is 4.40. The topological polar surface area (TPSA) is 60.5 Å². The predicted octanol–water partition coefficient (Wildman–Crippen LogP) is 4.60. The Hall–Kier alpha value is -2.86. The molecular formula is C20H20N2O3S. The number of carbonyl (C=O) groups excluding carboxylic acids is 1. The van der Waals surface area contributed by atoms with Gasteiger partial charge in [0.15, 0.2) is 0 Å². The van der Waals surface area contributed by atoms with Crippen LogP contribution in [-0.4, -0.2) is 18.0 Å². The highest BCUT2D eigenvalue weighted by Crippen LogP contribution is 2.23. The normalized spacial score (nSPS) is 10.4. The lowest BCUT2D eigenvalue weighted by Crippen LogP contribution is -2.11. The van der Waals surface area contributed by atoms with Crippen LogP contribution in [0.25, 0.3) is 0 Å². The number of nitrogens with one attached hydrogen (secondary N) is 1. The van der Waals surface area contributed by atoms with E-state index in [0.29, 0.717) is 22.9 Å². The highest BCUT2D eigenvalue weighted by molar-refractivity contribution is 7.13. The van der Waals surface area contributed by atoms with Crippen LogP contribution >= 0.6 is 11.3 Å². The van der Waals surface area contributed by atoms with Crippen molar-refractivity contribution in [3.8, 4) is 11.5 Å². The molecule has 0 bridgehead atoms. The molecule has 3 aromatic rings. The third-order valence-electron chi connectivity index (χ3n) is 3.75. The van der Waals surface area contributed by atoms with Gasteiger partial charge in [0.05, 0.1) is 12.8 Å². The first-order valence-corrected chi connectivity index (χ1v) is 8.98. The van der Waals surface area contributed by atoms with Crippen LogP contribution in [0.1, 0.15) is 25.9 Å². The molecule has 0 aliphatic heterocycles. The average Bonchev–Trinajstić information content (AvgIpc) is 3.01. The van der Waals surface area contributed by atoms with Gasteiger partial charge in [0, 0.05) is 5.69 Å². The molecule has 5 nitrogen and oxygen atoms in total. The number of benzene rings is 2. The Bertz CT molecular complexity index is 904. The molecule has 0 atom stereocenters. The van der Waals surface area contributed by atoms with E-state index in [-0.39, 0.29) is 5.91 Å². The highest BCUT2D eigenvalue weighted by Gasteiger charge is 2.16. The Morgan fingerprint density at radius 3 is 2.58 bits per heavy atom. The summed E-state index contributed by atoms with van der Waals surface area (Å²) >= 11 is 1.35. The average molecular weight is 368 g/mol. The third-order valence-corrected chi connectivity index (χ3v) is 4.88. The quantitative estimate of drug-likeness (QED) is 0.691. The van der Waals surface area contributed by atoms with E-state index >= 15 is 0 Å². The smallest absolute Gasteiger partial charge is 0.267 e. The van der Waals surface area contributed by atoms with Crippen molar-refractivity contribution < 1.29 is 14.3 Å². The van der Waals surface area contributed by atoms with Gasteiger partial charge >= 0.3 is 0 Å². The van der Waals surface area contributed by atoms with Crippen LogP contribution in [0.4, 0.5) is 5.69 Å². The number of hydrogen-bond donors (Lipinski definition) is 1. The summed E-state index contributed by atoms with van der Waals surface area (Å²) in [6.45, 7) is 4.18. The van der Waals surface area contributed by atoms with E-state index in [9.17, 15) is 4.79 Å². The Kier molecular flexibility index (Phi) is 5.53. The molecule has 0 unspecified atom stereocenters. The number of nitrogens with zero attached hydrogens (tertiary/aromatic N) is 1. The van der Waals surface area contributed by atoms with Crippen LogP contribution in [0, 0.1) is 13.8 Å². The summed E-state index contributed by atoms with van der Waals surface area (Å²) in [6, 6.07) is 15.0. The zero-order valence-electron chi connectivity index (χ0n) is 14.9. The van der Waals surface area contributed by atoms with Gasteiger partial charge in [-0.25, -0.2) is 4.98 Å². The summed E-state index contributed by atoms with van der Waals surface area (Å²) < 4.78 is 10.9. The summed E-state index contributed by atoms with van der Waals surface area (Å²) in [5, 5.41) is 3.65. The number of thiazole rings is 1. The van der Waals surface area contributed by atoms with Gasteiger partial charge in [0.1, 0.15) is 28.0 Å². The van der Waals surface area contributed by atoms with Crippen LogP contribution in [-0.2, 0) is 6.61 Å². The van der Waals surface area contributed by atoms with Crippen LogP contribution in [0.3, 0.4) is 0 Å². The Morgan fingerprint density at radius 2 is 1.88 bits per heavy atom. The van der Waals surface area contributed by atoms with Gasteiger partial charge < -0.3 is 14.8 Å². The van der Waals surface area contributed by atoms with Crippen LogP contribution < -0.4 is 14.8 Å². The van der Waals surface area contributed by atoms with E-state index in [0.717, 1.165) is 22.1 Å². The Balaban J connectivity index is 1.65. The van der Waals surface area contributed by atoms with Gasteiger partial charge in [0.2, 0.25) is 0 Å². The fourth-order valence-corrected chi connectivity index (χ4v) is 3.31. The first-order valence-electron chi connectivity index (χ1n) is 8.16. The second kappa shape index (κ2) is 8.01.